The molecule has 1 saturated carbocycles. The van der Waals surface area contributed by atoms with Crippen molar-refractivity contribution in [2.75, 3.05) is 34.2 Å². The molecule has 0 N–H and O–H groups in total. The van der Waals surface area contributed by atoms with Crippen LogP contribution in [0.1, 0.15) is 18.4 Å². The normalized spacial score (nSPS) is 33.3. The predicted octanol–water partition coefficient (Wildman–Crippen LogP) is 2.47. The van der Waals surface area contributed by atoms with Gasteiger partial charge in [0.05, 0.1) is 12.7 Å². The lowest BCUT2D eigenvalue weighted by Crippen LogP contribution is -2.59. The van der Waals surface area contributed by atoms with Gasteiger partial charge in [-0.25, -0.2) is 0 Å². The Morgan fingerprint density at radius 1 is 1.14 bits per heavy atom. The van der Waals surface area contributed by atoms with Gasteiger partial charge in [-0.2, -0.15) is 0 Å². The van der Waals surface area contributed by atoms with Crippen LogP contribution < -0.4 is 0 Å². The minimum atomic E-state index is 0.419. The zero-order chi connectivity index (χ0) is 14.8. The second kappa shape index (κ2) is 6.47. The topological polar surface area (TPSA) is 15.7 Å². The molecule has 2 aliphatic rings. The van der Waals surface area contributed by atoms with Crippen molar-refractivity contribution in [3.63, 3.8) is 0 Å². The summed E-state index contributed by atoms with van der Waals surface area (Å²) in [6.45, 7) is 3.11. The Labute approximate surface area is 128 Å². The summed E-state index contributed by atoms with van der Waals surface area (Å²) in [5.41, 5.74) is 1.29. The zero-order valence-corrected chi connectivity index (χ0v) is 13.5. The number of fused-ring (bicyclic) bond motifs is 2. The molecule has 0 spiro atoms. The maximum absolute atomic E-state index is 6.41. The molecule has 2 fully saturated rings. The van der Waals surface area contributed by atoms with E-state index in [0.717, 1.165) is 6.61 Å². The van der Waals surface area contributed by atoms with E-state index in [2.05, 4.69) is 61.3 Å². The first-order valence-electron chi connectivity index (χ1n) is 8.15. The highest BCUT2D eigenvalue weighted by atomic mass is 16.5. The van der Waals surface area contributed by atoms with Crippen LogP contribution in [-0.4, -0.2) is 56.2 Å². The van der Waals surface area contributed by atoms with Gasteiger partial charge < -0.3 is 14.5 Å². The van der Waals surface area contributed by atoms with Gasteiger partial charge in [0.15, 0.2) is 0 Å². The van der Waals surface area contributed by atoms with Crippen molar-refractivity contribution < 1.29 is 4.74 Å². The summed E-state index contributed by atoms with van der Waals surface area (Å²) in [5.74, 6) is 1.34. The molecule has 3 rings (SSSR count). The van der Waals surface area contributed by atoms with E-state index in [1.807, 2.05) is 0 Å². The fraction of sp³-hybridized carbons (Fsp3) is 0.667. The molecule has 3 nitrogen and oxygen atoms in total. The molecule has 0 aromatic heterocycles. The number of hydrogen-bond donors (Lipinski definition) is 0. The molecule has 1 aromatic carbocycles. The van der Waals surface area contributed by atoms with E-state index in [0.29, 0.717) is 24.0 Å². The van der Waals surface area contributed by atoms with Crippen molar-refractivity contribution in [1.82, 2.24) is 9.80 Å². The summed E-state index contributed by atoms with van der Waals surface area (Å²) in [7, 11) is 6.69. The molecule has 1 aliphatic heterocycles. The van der Waals surface area contributed by atoms with Crippen LogP contribution in [0.25, 0.3) is 0 Å². The predicted molar refractivity (Wildman–Crippen MR) is 86.2 cm³/mol. The van der Waals surface area contributed by atoms with Gasteiger partial charge in [-0.3, -0.25) is 0 Å². The highest BCUT2D eigenvalue weighted by Gasteiger charge is 2.44. The van der Waals surface area contributed by atoms with E-state index in [1.54, 1.807) is 0 Å². The molecular weight excluding hydrogens is 260 g/mol. The second-order valence-electron chi connectivity index (χ2n) is 7.01. The molecule has 0 amide bonds. The summed E-state index contributed by atoms with van der Waals surface area (Å²) in [5, 5.41) is 0. The molecule has 4 atom stereocenters. The van der Waals surface area contributed by atoms with Crippen LogP contribution >= 0.6 is 0 Å². The molecule has 1 saturated heterocycles. The lowest BCUT2D eigenvalue weighted by atomic mass is 9.72. The van der Waals surface area contributed by atoms with Gasteiger partial charge in [-0.15, -0.1) is 0 Å². The van der Waals surface area contributed by atoms with Gasteiger partial charge in [-0.05, 0) is 45.5 Å². The van der Waals surface area contributed by atoms with Gasteiger partial charge in [0, 0.05) is 25.0 Å². The van der Waals surface area contributed by atoms with Gasteiger partial charge in [-0.1, -0.05) is 30.3 Å². The standard InChI is InChI=1S/C18H28N2O/c1-19(2)17-10-9-15-11-20(3)12-16(17)18(15)21-13-14-7-5-4-6-8-14/h4-8,15-18H,9-13H2,1-3H3/t15?,16?,17-,18+/m1/s1. The first kappa shape index (κ1) is 15.0. The van der Waals surface area contributed by atoms with Gasteiger partial charge >= 0.3 is 0 Å². The molecule has 2 bridgehead atoms. The third-order valence-corrected chi connectivity index (χ3v) is 5.23. The number of hydrogen-bond acceptors (Lipinski definition) is 3. The van der Waals surface area contributed by atoms with Crippen LogP contribution in [0.3, 0.4) is 0 Å². The van der Waals surface area contributed by atoms with Crippen molar-refractivity contribution in [3.05, 3.63) is 35.9 Å². The summed E-state index contributed by atoms with van der Waals surface area (Å²) < 4.78 is 6.41. The van der Waals surface area contributed by atoms with E-state index in [9.17, 15) is 0 Å². The van der Waals surface area contributed by atoms with Crippen LogP contribution in [0.15, 0.2) is 30.3 Å². The fourth-order valence-electron chi connectivity index (χ4n) is 4.25. The number of likely N-dealkylation sites (tertiary alicyclic amines) is 1. The molecule has 3 heteroatoms. The number of benzene rings is 1. The number of ether oxygens (including phenoxy) is 1. The van der Waals surface area contributed by atoms with Crippen LogP contribution in [0.4, 0.5) is 0 Å². The Kier molecular flexibility index (Phi) is 4.63. The lowest BCUT2D eigenvalue weighted by molar-refractivity contribution is -0.119. The molecule has 2 unspecified atom stereocenters. The van der Waals surface area contributed by atoms with Gasteiger partial charge in [0.25, 0.3) is 0 Å². The third-order valence-electron chi connectivity index (χ3n) is 5.23. The molecule has 21 heavy (non-hydrogen) atoms. The van der Waals surface area contributed by atoms with E-state index >= 15 is 0 Å². The van der Waals surface area contributed by atoms with Crippen molar-refractivity contribution in [3.8, 4) is 0 Å². The molecular formula is C18H28N2O. The minimum Gasteiger partial charge on any atom is -0.373 e. The molecule has 116 valence electrons. The number of rotatable bonds is 4. The quantitative estimate of drug-likeness (QED) is 0.846. The maximum atomic E-state index is 6.41. The zero-order valence-electron chi connectivity index (χ0n) is 13.5. The average molecular weight is 288 g/mol. The van der Waals surface area contributed by atoms with E-state index in [1.165, 1.54) is 31.5 Å². The molecule has 0 radical (unpaired) electrons. The van der Waals surface area contributed by atoms with Gasteiger partial charge in [0.1, 0.15) is 0 Å². The third kappa shape index (κ3) is 3.31. The lowest BCUT2D eigenvalue weighted by Gasteiger charge is -2.51. The number of piperidine rings is 1. The Bertz CT molecular complexity index is 448. The van der Waals surface area contributed by atoms with E-state index in [-0.39, 0.29) is 0 Å². The molecule has 1 aromatic rings. The van der Waals surface area contributed by atoms with E-state index in [4.69, 9.17) is 4.74 Å². The van der Waals surface area contributed by atoms with Crippen LogP contribution in [0, 0.1) is 11.8 Å². The number of nitrogens with zero attached hydrogens (tertiary/aromatic N) is 2. The summed E-state index contributed by atoms with van der Waals surface area (Å²) in [4.78, 5) is 4.90. The Morgan fingerprint density at radius 3 is 2.62 bits per heavy atom. The maximum Gasteiger partial charge on any atom is 0.0720 e. The van der Waals surface area contributed by atoms with Crippen LogP contribution in [0.2, 0.25) is 0 Å². The molecule has 1 aliphatic carbocycles. The second-order valence-corrected chi connectivity index (χ2v) is 7.01. The Morgan fingerprint density at radius 2 is 1.90 bits per heavy atom. The average Bonchev–Trinajstić information content (AvgIpc) is 2.46. The Hall–Kier alpha value is -0.900. The van der Waals surface area contributed by atoms with Crippen molar-refractivity contribution in [2.24, 2.45) is 11.8 Å². The monoisotopic (exact) mass is 288 g/mol. The van der Waals surface area contributed by atoms with Gasteiger partial charge in [0.2, 0.25) is 0 Å². The van der Waals surface area contributed by atoms with Crippen LogP contribution in [0.5, 0.6) is 0 Å². The van der Waals surface area contributed by atoms with Crippen molar-refractivity contribution >= 4 is 0 Å². The smallest absolute Gasteiger partial charge is 0.0720 e. The first-order chi connectivity index (χ1) is 10.1. The molecule has 1 heterocycles. The summed E-state index contributed by atoms with van der Waals surface area (Å²) in [6.07, 6.45) is 3.03. The summed E-state index contributed by atoms with van der Waals surface area (Å²) >= 11 is 0. The highest BCUT2D eigenvalue weighted by molar-refractivity contribution is 5.13. The van der Waals surface area contributed by atoms with E-state index < -0.39 is 0 Å². The fourth-order valence-corrected chi connectivity index (χ4v) is 4.25. The minimum absolute atomic E-state index is 0.419. The van der Waals surface area contributed by atoms with Crippen molar-refractivity contribution in [1.29, 1.82) is 0 Å². The summed E-state index contributed by atoms with van der Waals surface area (Å²) in [6, 6.07) is 11.2. The SMILES string of the molecule is CN1CC2CC[C@@H](N(C)C)C(C1)[C@H]2OCc1ccccc1. The highest BCUT2D eigenvalue weighted by Crippen LogP contribution is 2.38. The largest absolute Gasteiger partial charge is 0.373 e. The Balaban J connectivity index is 1.70. The van der Waals surface area contributed by atoms with Crippen LogP contribution in [-0.2, 0) is 11.3 Å². The first-order valence-corrected chi connectivity index (χ1v) is 8.15. The van der Waals surface area contributed by atoms with Crippen molar-refractivity contribution in [2.45, 2.75) is 31.6 Å².